The summed E-state index contributed by atoms with van der Waals surface area (Å²) >= 11 is 21.8. The summed E-state index contributed by atoms with van der Waals surface area (Å²) in [7, 11) is 0. The largest absolute Gasteiger partial charge is 0.425 e. The molecule has 154 valence electrons. The Labute approximate surface area is 194 Å². The fourth-order valence-corrected chi connectivity index (χ4v) is 4.18. The molecular formula is C20H13BrCl3N3O3. The average molecular weight is 530 g/mol. The highest BCUT2D eigenvalue weighted by Gasteiger charge is 2.18. The van der Waals surface area contributed by atoms with Crippen molar-refractivity contribution in [3.8, 4) is 11.1 Å². The first-order valence-corrected chi connectivity index (χ1v) is 10.3. The van der Waals surface area contributed by atoms with Gasteiger partial charge in [-0.3, -0.25) is 10.1 Å². The van der Waals surface area contributed by atoms with Crippen molar-refractivity contribution >= 4 is 62.7 Å². The van der Waals surface area contributed by atoms with Gasteiger partial charge in [-0.05, 0) is 40.5 Å². The van der Waals surface area contributed by atoms with Crippen LogP contribution in [0.4, 0.5) is 4.79 Å². The van der Waals surface area contributed by atoms with E-state index in [0.717, 1.165) is 5.56 Å². The summed E-state index contributed by atoms with van der Waals surface area (Å²) in [5, 5.41) is 12.6. The van der Waals surface area contributed by atoms with Crippen molar-refractivity contribution in [1.82, 2.24) is 10.0 Å². The molecule has 0 aliphatic carbocycles. The fraction of sp³-hybridized carbons (Fsp3) is 0.0500. The van der Waals surface area contributed by atoms with Crippen LogP contribution in [0.2, 0.25) is 15.2 Å². The van der Waals surface area contributed by atoms with Gasteiger partial charge in [-0.25, -0.2) is 4.79 Å². The third kappa shape index (κ3) is 4.70. The number of urea groups is 1. The van der Waals surface area contributed by atoms with E-state index in [0.29, 0.717) is 20.3 Å². The number of nitrogens with one attached hydrogen (secondary N) is 1. The highest BCUT2D eigenvalue weighted by atomic mass is 79.9. The SMILES string of the molecule is Cc1ccc(-c2c(Cl)cc(=NC(=O)NC(=O)c3c(Cl)cccc3Br)n(O)c2Cl)cc1. The second-order valence-corrected chi connectivity index (χ2v) is 8.19. The number of halogens is 4. The molecule has 1 heterocycles. The molecule has 6 nitrogen and oxygen atoms in total. The Morgan fingerprint density at radius 3 is 2.37 bits per heavy atom. The molecule has 0 radical (unpaired) electrons. The van der Waals surface area contributed by atoms with Crippen LogP contribution >= 0.6 is 50.7 Å². The zero-order valence-electron chi connectivity index (χ0n) is 15.3. The van der Waals surface area contributed by atoms with Gasteiger partial charge < -0.3 is 5.21 Å². The van der Waals surface area contributed by atoms with E-state index >= 15 is 0 Å². The second kappa shape index (κ2) is 9.22. The molecule has 2 aromatic carbocycles. The minimum atomic E-state index is -1.04. The van der Waals surface area contributed by atoms with E-state index in [4.69, 9.17) is 34.8 Å². The first kappa shape index (κ1) is 22.4. The molecule has 1 aromatic heterocycles. The van der Waals surface area contributed by atoms with Crippen LogP contribution in [-0.2, 0) is 0 Å². The van der Waals surface area contributed by atoms with Gasteiger partial charge >= 0.3 is 6.03 Å². The molecule has 10 heteroatoms. The van der Waals surface area contributed by atoms with Gasteiger partial charge in [0.2, 0.25) is 0 Å². The Balaban J connectivity index is 1.95. The van der Waals surface area contributed by atoms with Crippen molar-refractivity contribution in [2.45, 2.75) is 6.92 Å². The molecule has 0 fully saturated rings. The number of benzene rings is 2. The molecule has 0 aliphatic rings. The van der Waals surface area contributed by atoms with E-state index in [1.807, 2.05) is 19.1 Å². The lowest BCUT2D eigenvalue weighted by Gasteiger charge is -2.11. The summed E-state index contributed by atoms with van der Waals surface area (Å²) in [5.74, 6) is -0.765. The summed E-state index contributed by atoms with van der Waals surface area (Å²) in [6.07, 6.45) is 0. The molecule has 0 aliphatic heterocycles. The number of carbonyl (C=O) groups is 2. The number of aromatic nitrogens is 1. The smallest absolute Gasteiger partial charge is 0.349 e. The molecule has 3 rings (SSSR count). The van der Waals surface area contributed by atoms with E-state index in [1.165, 1.54) is 12.1 Å². The zero-order valence-corrected chi connectivity index (χ0v) is 19.1. The van der Waals surface area contributed by atoms with Crippen molar-refractivity contribution in [2.24, 2.45) is 4.99 Å². The monoisotopic (exact) mass is 527 g/mol. The molecule has 0 bridgehead atoms. The summed E-state index contributed by atoms with van der Waals surface area (Å²) in [4.78, 5) is 28.2. The topological polar surface area (TPSA) is 83.7 Å². The molecule has 0 spiro atoms. The van der Waals surface area contributed by atoms with Crippen LogP contribution < -0.4 is 10.8 Å². The molecule has 0 saturated heterocycles. The average Bonchev–Trinajstić information content (AvgIpc) is 2.67. The van der Waals surface area contributed by atoms with Crippen LogP contribution in [0.3, 0.4) is 0 Å². The molecule has 0 saturated carbocycles. The number of rotatable bonds is 2. The van der Waals surface area contributed by atoms with Crippen molar-refractivity contribution in [3.05, 3.63) is 84.8 Å². The van der Waals surface area contributed by atoms with Crippen LogP contribution in [0, 0.1) is 6.92 Å². The lowest BCUT2D eigenvalue weighted by atomic mass is 10.1. The highest BCUT2D eigenvalue weighted by Crippen LogP contribution is 2.33. The van der Waals surface area contributed by atoms with Crippen LogP contribution in [0.1, 0.15) is 15.9 Å². The molecule has 3 amide bonds. The Morgan fingerprint density at radius 2 is 1.73 bits per heavy atom. The first-order valence-electron chi connectivity index (χ1n) is 8.40. The van der Waals surface area contributed by atoms with Gasteiger partial charge in [0.25, 0.3) is 5.91 Å². The van der Waals surface area contributed by atoms with Gasteiger partial charge in [-0.15, -0.1) is 0 Å². The molecule has 30 heavy (non-hydrogen) atoms. The molecule has 0 unspecified atom stereocenters. The van der Waals surface area contributed by atoms with E-state index in [2.05, 4.69) is 26.2 Å². The van der Waals surface area contributed by atoms with Crippen molar-refractivity contribution in [2.75, 3.05) is 0 Å². The maximum absolute atomic E-state index is 12.3. The summed E-state index contributed by atoms with van der Waals surface area (Å²) in [6, 6.07) is 12.3. The third-order valence-electron chi connectivity index (χ3n) is 4.07. The Bertz CT molecular complexity index is 1200. The lowest BCUT2D eigenvalue weighted by Crippen LogP contribution is -2.31. The fourth-order valence-electron chi connectivity index (χ4n) is 2.61. The number of hydrogen-bond donors (Lipinski definition) is 2. The Morgan fingerprint density at radius 1 is 1.07 bits per heavy atom. The van der Waals surface area contributed by atoms with E-state index in [-0.39, 0.29) is 26.2 Å². The number of aryl methyl sites for hydroxylation is 1. The highest BCUT2D eigenvalue weighted by molar-refractivity contribution is 9.10. The van der Waals surface area contributed by atoms with E-state index in [1.54, 1.807) is 24.3 Å². The van der Waals surface area contributed by atoms with Crippen LogP contribution in [0.25, 0.3) is 11.1 Å². The number of amides is 3. The third-order valence-corrected chi connectivity index (χ3v) is 5.69. The summed E-state index contributed by atoms with van der Waals surface area (Å²) in [6.45, 7) is 1.93. The summed E-state index contributed by atoms with van der Waals surface area (Å²) in [5.41, 5.74) is 1.90. The maximum atomic E-state index is 12.3. The van der Waals surface area contributed by atoms with Gasteiger partial charge in [-0.1, -0.05) is 70.7 Å². The van der Waals surface area contributed by atoms with Gasteiger partial charge in [0.1, 0.15) is 0 Å². The van der Waals surface area contributed by atoms with Crippen molar-refractivity contribution < 1.29 is 14.8 Å². The Hall–Kier alpha value is -2.32. The predicted octanol–water partition coefficient (Wildman–Crippen LogP) is 5.87. The lowest BCUT2D eigenvalue weighted by molar-refractivity contribution is 0.0965. The maximum Gasteiger partial charge on any atom is 0.349 e. The molecule has 0 atom stereocenters. The molecule has 3 aromatic rings. The van der Waals surface area contributed by atoms with Crippen molar-refractivity contribution in [1.29, 1.82) is 0 Å². The number of pyridine rings is 1. The minimum Gasteiger partial charge on any atom is -0.425 e. The van der Waals surface area contributed by atoms with Crippen LogP contribution in [0.5, 0.6) is 0 Å². The normalized spacial score (nSPS) is 11.4. The van der Waals surface area contributed by atoms with Crippen LogP contribution in [0.15, 0.2) is 58.0 Å². The minimum absolute atomic E-state index is 0.0744. The van der Waals surface area contributed by atoms with Gasteiger partial charge in [0.05, 0.1) is 15.6 Å². The van der Waals surface area contributed by atoms with Gasteiger partial charge in [0.15, 0.2) is 10.6 Å². The number of nitrogens with zero attached hydrogens (tertiary/aromatic N) is 2. The van der Waals surface area contributed by atoms with E-state index < -0.39 is 11.9 Å². The summed E-state index contributed by atoms with van der Waals surface area (Å²) < 4.78 is 0.920. The van der Waals surface area contributed by atoms with Gasteiger partial charge in [0, 0.05) is 16.1 Å². The number of hydrogen-bond acceptors (Lipinski definition) is 3. The molecular weight excluding hydrogens is 517 g/mol. The van der Waals surface area contributed by atoms with Gasteiger partial charge in [-0.2, -0.15) is 9.72 Å². The molecule has 2 N–H and O–H groups in total. The standard InChI is InChI=1S/C20H13BrCl3N3O3/c1-10-5-7-11(8-6-10)16-14(23)9-15(27(30)18(16)24)25-20(29)26-19(28)17-12(21)3-2-4-13(17)22/h2-9,30H,1H3,(H,26,28,29). The predicted molar refractivity (Wildman–Crippen MR) is 119 cm³/mol. The van der Waals surface area contributed by atoms with Crippen molar-refractivity contribution in [3.63, 3.8) is 0 Å². The number of imide groups is 1. The zero-order chi connectivity index (χ0) is 22.0. The Kier molecular flexibility index (Phi) is 6.88. The second-order valence-electron chi connectivity index (χ2n) is 6.16. The van der Waals surface area contributed by atoms with E-state index in [9.17, 15) is 14.8 Å². The van der Waals surface area contributed by atoms with Crippen LogP contribution in [-0.4, -0.2) is 21.9 Å². The number of carbonyl (C=O) groups excluding carboxylic acids is 2. The first-order chi connectivity index (χ1) is 14.2. The quantitative estimate of drug-likeness (QED) is 0.322.